The minimum absolute atomic E-state index is 0.277. The summed E-state index contributed by atoms with van der Waals surface area (Å²) in [4.78, 5) is 11.7. The molecule has 1 aromatic rings. The SMILES string of the molecule is NC(=O)C1(C(F)c2cccc(F)c2F)CCCCC1. The molecule has 0 radical (unpaired) electrons. The number of amides is 1. The third-order valence-electron chi connectivity index (χ3n) is 3.98. The van der Waals surface area contributed by atoms with Crippen LogP contribution in [0, 0.1) is 17.0 Å². The molecule has 1 aliphatic carbocycles. The molecule has 1 fully saturated rings. The molecular formula is C14H16F3NO. The molecule has 0 heterocycles. The average Bonchev–Trinajstić information content (AvgIpc) is 2.41. The standard InChI is InChI=1S/C14H16F3NO/c15-10-6-4-5-9(11(10)16)12(17)14(13(18)19)7-2-1-3-8-14/h4-6,12H,1-3,7-8H2,(H2,18,19). The molecule has 1 unspecified atom stereocenters. The monoisotopic (exact) mass is 271 g/mol. The van der Waals surface area contributed by atoms with Gasteiger partial charge in [-0.2, -0.15) is 0 Å². The fourth-order valence-corrected chi connectivity index (χ4v) is 2.82. The third kappa shape index (κ3) is 2.33. The van der Waals surface area contributed by atoms with E-state index >= 15 is 0 Å². The van der Waals surface area contributed by atoms with Crippen molar-refractivity contribution in [3.63, 3.8) is 0 Å². The van der Waals surface area contributed by atoms with Gasteiger partial charge in [-0.05, 0) is 18.9 Å². The zero-order valence-electron chi connectivity index (χ0n) is 10.5. The molecule has 1 atom stereocenters. The lowest BCUT2D eigenvalue weighted by atomic mass is 9.68. The van der Waals surface area contributed by atoms with Gasteiger partial charge in [-0.25, -0.2) is 13.2 Å². The van der Waals surface area contributed by atoms with Crippen molar-refractivity contribution in [2.45, 2.75) is 38.3 Å². The highest BCUT2D eigenvalue weighted by Gasteiger charge is 2.47. The van der Waals surface area contributed by atoms with E-state index in [1.807, 2.05) is 0 Å². The van der Waals surface area contributed by atoms with Crippen molar-refractivity contribution in [2.75, 3.05) is 0 Å². The van der Waals surface area contributed by atoms with Gasteiger partial charge in [0.2, 0.25) is 5.91 Å². The van der Waals surface area contributed by atoms with Crippen LogP contribution in [0.1, 0.15) is 43.8 Å². The van der Waals surface area contributed by atoms with Crippen LogP contribution in [0.3, 0.4) is 0 Å². The fraction of sp³-hybridized carbons (Fsp3) is 0.500. The number of primary amides is 1. The Bertz CT molecular complexity index is 484. The molecular weight excluding hydrogens is 255 g/mol. The van der Waals surface area contributed by atoms with Gasteiger partial charge in [-0.1, -0.05) is 31.4 Å². The summed E-state index contributed by atoms with van der Waals surface area (Å²) in [5.41, 5.74) is 3.51. The Morgan fingerprint density at radius 3 is 2.42 bits per heavy atom. The summed E-state index contributed by atoms with van der Waals surface area (Å²) in [7, 11) is 0. The number of hydrogen-bond donors (Lipinski definition) is 1. The van der Waals surface area contributed by atoms with E-state index in [0.717, 1.165) is 12.5 Å². The number of benzene rings is 1. The molecule has 1 saturated carbocycles. The van der Waals surface area contributed by atoms with Crippen LogP contribution in [-0.4, -0.2) is 5.91 Å². The van der Waals surface area contributed by atoms with Gasteiger partial charge in [-0.15, -0.1) is 0 Å². The number of hydrogen-bond acceptors (Lipinski definition) is 1. The van der Waals surface area contributed by atoms with E-state index in [4.69, 9.17) is 5.73 Å². The van der Waals surface area contributed by atoms with Gasteiger partial charge < -0.3 is 5.73 Å². The van der Waals surface area contributed by atoms with Gasteiger partial charge in [0.15, 0.2) is 11.6 Å². The Kier molecular flexibility index (Phi) is 3.83. The van der Waals surface area contributed by atoms with E-state index in [0.29, 0.717) is 12.8 Å². The normalized spacial score (nSPS) is 19.9. The molecule has 1 amide bonds. The largest absolute Gasteiger partial charge is 0.369 e. The van der Waals surface area contributed by atoms with Gasteiger partial charge in [0.1, 0.15) is 6.17 Å². The van der Waals surface area contributed by atoms with E-state index in [1.54, 1.807) is 0 Å². The van der Waals surface area contributed by atoms with Crippen LogP contribution in [0.4, 0.5) is 13.2 Å². The molecule has 2 rings (SSSR count). The van der Waals surface area contributed by atoms with Crippen LogP contribution in [0.15, 0.2) is 18.2 Å². The van der Waals surface area contributed by atoms with Crippen LogP contribution < -0.4 is 5.73 Å². The maximum Gasteiger partial charge on any atom is 0.226 e. The zero-order valence-corrected chi connectivity index (χ0v) is 10.5. The molecule has 104 valence electrons. The van der Waals surface area contributed by atoms with Crippen molar-refractivity contribution in [2.24, 2.45) is 11.1 Å². The van der Waals surface area contributed by atoms with E-state index in [1.165, 1.54) is 12.1 Å². The Morgan fingerprint density at radius 1 is 1.21 bits per heavy atom. The first-order chi connectivity index (χ1) is 8.99. The molecule has 0 aliphatic heterocycles. The maximum absolute atomic E-state index is 14.7. The van der Waals surface area contributed by atoms with Gasteiger partial charge in [-0.3, -0.25) is 4.79 Å². The third-order valence-corrected chi connectivity index (χ3v) is 3.98. The number of nitrogens with two attached hydrogens (primary N) is 1. The Balaban J connectivity index is 2.42. The second-order valence-electron chi connectivity index (χ2n) is 5.09. The smallest absolute Gasteiger partial charge is 0.226 e. The van der Waals surface area contributed by atoms with Crippen LogP contribution in [0.5, 0.6) is 0 Å². The maximum atomic E-state index is 14.7. The summed E-state index contributed by atoms with van der Waals surface area (Å²) >= 11 is 0. The van der Waals surface area contributed by atoms with E-state index in [2.05, 4.69) is 0 Å². The van der Waals surface area contributed by atoms with Crippen LogP contribution in [0.2, 0.25) is 0 Å². The number of rotatable bonds is 3. The second-order valence-corrected chi connectivity index (χ2v) is 5.09. The number of halogens is 3. The summed E-state index contributed by atoms with van der Waals surface area (Å²) < 4.78 is 41.5. The molecule has 0 spiro atoms. The van der Waals surface area contributed by atoms with Gasteiger partial charge >= 0.3 is 0 Å². The van der Waals surface area contributed by atoms with Crippen molar-refractivity contribution in [1.29, 1.82) is 0 Å². The summed E-state index contributed by atoms with van der Waals surface area (Å²) in [6.07, 6.45) is 0.883. The molecule has 0 aromatic heterocycles. The summed E-state index contributed by atoms with van der Waals surface area (Å²) in [5, 5.41) is 0. The summed E-state index contributed by atoms with van der Waals surface area (Å²) in [6, 6.07) is 3.32. The topological polar surface area (TPSA) is 43.1 Å². The minimum atomic E-state index is -1.90. The van der Waals surface area contributed by atoms with E-state index in [9.17, 15) is 18.0 Å². The van der Waals surface area contributed by atoms with Crippen molar-refractivity contribution < 1.29 is 18.0 Å². The molecule has 2 nitrogen and oxygen atoms in total. The molecule has 19 heavy (non-hydrogen) atoms. The highest BCUT2D eigenvalue weighted by atomic mass is 19.2. The van der Waals surface area contributed by atoms with E-state index in [-0.39, 0.29) is 12.8 Å². The average molecular weight is 271 g/mol. The first-order valence-electron chi connectivity index (χ1n) is 6.37. The Morgan fingerprint density at radius 2 is 1.84 bits per heavy atom. The predicted molar refractivity (Wildman–Crippen MR) is 64.9 cm³/mol. The second kappa shape index (κ2) is 5.23. The van der Waals surface area contributed by atoms with Crippen LogP contribution >= 0.6 is 0 Å². The molecule has 0 bridgehead atoms. The minimum Gasteiger partial charge on any atom is -0.369 e. The van der Waals surface area contributed by atoms with Crippen molar-refractivity contribution in [1.82, 2.24) is 0 Å². The number of carbonyl (C=O) groups excluding carboxylic acids is 1. The fourth-order valence-electron chi connectivity index (χ4n) is 2.82. The van der Waals surface area contributed by atoms with Crippen LogP contribution in [0.25, 0.3) is 0 Å². The molecule has 0 saturated heterocycles. The summed E-state index contributed by atoms with van der Waals surface area (Å²) in [6.45, 7) is 0. The number of carbonyl (C=O) groups is 1. The van der Waals surface area contributed by atoms with Crippen LogP contribution in [-0.2, 0) is 4.79 Å². The van der Waals surface area contributed by atoms with Gasteiger partial charge in [0.25, 0.3) is 0 Å². The van der Waals surface area contributed by atoms with Gasteiger partial charge in [0.05, 0.1) is 5.41 Å². The Labute approximate surface area is 109 Å². The van der Waals surface area contributed by atoms with Crippen molar-refractivity contribution in [3.8, 4) is 0 Å². The summed E-state index contributed by atoms with van der Waals surface area (Å²) in [5.74, 6) is -3.12. The lowest BCUT2D eigenvalue weighted by Gasteiger charge is -2.37. The van der Waals surface area contributed by atoms with Crippen molar-refractivity contribution in [3.05, 3.63) is 35.4 Å². The first-order valence-corrected chi connectivity index (χ1v) is 6.37. The number of alkyl halides is 1. The van der Waals surface area contributed by atoms with E-state index < -0.39 is 34.7 Å². The highest BCUT2D eigenvalue weighted by Crippen LogP contribution is 2.48. The molecule has 1 aliphatic rings. The van der Waals surface area contributed by atoms with Gasteiger partial charge in [0, 0.05) is 5.56 Å². The molecule has 2 N–H and O–H groups in total. The highest BCUT2D eigenvalue weighted by molar-refractivity contribution is 5.82. The Hall–Kier alpha value is -1.52. The molecule has 1 aromatic carbocycles. The quantitative estimate of drug-likeness (QED) is 0.899. The zero-order chi connectivity index (χ0) is 14.0. The molecule has 5 heteroatoms. The first kappa shape index (κ1) is 13.9. The lowest BCUT2D eigenvalue weighted by Crippen LogP contribution is -2.42. The lowest BCUT2D eigenvalue weighted by molar-refractivity contribution is -0.134. The predicted octanol–water partition coefficient (Wildman–Crippen LogP) is 3.41. The van der Waals surface area contributed by atoms with Crippen molar-refractivity contribution >= 4 is 5.91 Å².